The van der Waals surface area contributed by atoms with Crippen LogP contribution in [0.4, 0.5) is 4.79 Å². The van der Waals surface area contributed by atoms with Crippen molar-refractivity contribution >= 4 is 6.09 Å². The lowest BCUT2D eigenvalue weighted by Crippen LogP contribution is -2.51. The second-order valence-corrected chi connectivity index (χ2v) is 7.38. The van der Waals surface area contributed by atoms with E-state index in [1.54, 1.807) is 0 Å². The fourth-order valence-electron chi connectivity index (χ4n) is 3.90. The Balaban J connectivity index is 1.61. The third-order valence-electron chi connectivity index (χ3n) is 5.58. The Bertz CT molecular complexity index is 385. The lowest BCUT2D eigenvalue weighted by atomic mass is 9.65. The first-order valence-electron chi connectivity index (χ1n) is 9.07. The molecule has 1 saturated heterocycles. The first kappa shape index (κ1) is 18.5. The fourth-order valence-corrected chi connectivity index (χ4v) is 3.90. The zero-order chi connectivity index (χ0) is 16.9. The van der Waals surface area contributed by atoms with E-state index in [0.717, 1.165) is 26.1 Å². The van der Waals surface area contributed by atoms with Crippen LogP contribution >= 0.6 is 0 Å². The molecular weight excluding hydrogens is 292 g/mol. The molecule has 0 aromatic heterocycles. The second kappa shape index (κ2) is 8.31. The van der Waals surface area contributed by atoms with Gasteiger partial charge in [0.2, 0.25) is 0 Å². The number of hydrazine groups is 1. The SMILES string of the molecule is CCOC(=O)N1CC[C@]2(C1)C[C@@H](NCCC(C)[C@@H](C)NNC)C2. The number of rotatable bonds is 8. The number of amides is 1. The van der Waals surface area contributed by atoms with Gasteiger partial charge in [-0.1, -0.05) is 6.92 Å². The minimum atomic E-state index is -0.138. The first-order valence-corrected chi connectivity index (χ1v) is 9.07. The Kier molecular flexibility index (Phi) is 6.68. The summed E-state index contributed by atoms with van der Waals surface area (Å²) in [6, 6.07) is 1.10. The molecule has 1 aliphatic heterocycles. The number of nitrogens with zero attached hydrogens (tertiary/aromatic N) is 1. The molecule has 0 aromatic carbocycles. The predicted octanol–water partition coefficient (Wildman–Crippen LogP) is 1.73. The maximum absolute atomic E-state index is 11.8. The van der Waals surface area contributed by atoms with E-state index < -0.39 is 0 Å². The highest BCUT2D eigenvalue weighted by molar-refractivity contribution is 5.68. The number of hydrogen-bond acceptors (Lipinski definition) is 5. The van der Waals surface area contributed by atoms with E-state index >= 15 is 0 Å². The first-order chi connectivity index (χ1) is 11.0. The quantitative estimate of drug-likeness (QED) is 0.593. The molecule has 3 N–H and O–H groups in total. The minimum Gasteiger partial charge on any atom is -0.450 e. The normalized spacial score (nSPS) is 29.4. The van der Waals surface area contributed by atoms with Gasteiger partial charge in [-0.25, -0.2) is 4.79 Å². The molecule has 2 atom stereocenters. The molecule has 1 amide bonds. The van der Waals surface area contributed by atoms with Crippen LogP contribution < -0.4 is 16.2 Å². The van der Waals surface area contributed by atoms with Crippen LogP contribution in [0.15, 0.2) is 0 Å². The molecule has 1 heterocycles. The molecule has 1 aliphatic carbocycles. The number of carbonyl (C=O) groups is 1. The van der Waals surface area contributed by atoms with Crippen LogP contribution in [0.2, 0.25) is 0 Å². The Morgan fingerprint density at radius 2 is 2.13 bits per heavy atom. The highest BCUT2D eigenvalue weighted by Gasteiger charge is 2.49. The van der Waals surface area contributed by atoms with Gasteiger partial charge >= 0.3 is 6.09 Å². The van der Waals surface area contributed by atoms with Crippen molar-refractivity contribution in [1.29, 1.82) is 0 Å². The molecule has 1 saturated carbocycles. The Morgan fingerprint density at radius 1 is 1.39 bits per heavy atom. The van der Waals surface area contributed by atoms with Crippen LogP contribution in [-0.2, 0) is 4.74 Å². The molecule has 2 aliphatic rings. The summed E-state index contributed by atoms with van der Waals surface area (Å²) < 4.78 is 5.11. The van der Waals surface area contributed by atoms with E-state index in [-0.39, 0.29) is 6.09 Å². The van der Waals surface area contributed by atoms with Crippen LogP contribution in [0.25, 0.3) is 0 Å². The van der Waals surface area contributed by atoms with Crippen LogP contribution in [-0.4, -0.2) is 56.4 Å². The summed E-state index contributed by atoms with van der Waals surface area (Å²) in [5.41, 5.74) is 6.62. The zero-order valence-corrected chi connectivity index (χ0v) is 15.2. The van der Waals surface area contributed by atoms with E-state index in [4.69, 9.17) is 4.74 Å². The lowest BCUT2D eigenvalue weighted by Gasteiger charge is -2.45. The van der Waals surface area contributed by atoms with E-state index in [1.807, 2.05) is 18.9 Å². The molecule has 1 spiro atoms. The van der Waals surface area contributed by atoms with Gasteiger partial charge in [0.05, 0.1) is 6.61 Å². The van der Waals surface area contributed by atoms with Crippen molar-refractivity contribution in [3.63, 3.8) is 0 Å². The van der Waals surface area contributed by atoms with Gasteiger partial charge in [-0.3, -0.25) is 10.9 Å². The molecule has 0 radical (unpaired) electrons. The number of ether oxygens (including phenoxy) is 1. The summed E-state index contributed by atoms with van der Waals surface area (Å²) >= 11 is 0. The summed E-state index contributed by atoms with van der Waals surface area (Å²) in [6.45, 7) is 9.63. The Hall–Kier alpha value is -0.850. The van der Waals surface area contributed by atoms with Crippen molar-refractivity contribution in [3.8, 4) is 0 Å². The van der Waals surface area contributed by atoms with Gasteiger partial charge in [0.25, 0.3) is 0 Å². The monoisotopic (exact) mass is 326 g/mol. The van der Waals surface area contributed by atoms with Gasteiger partial charge in [0, 0.05) is 25.2 Å². The van der Waals surface area contributed by atoms with Crippen LogP contribution in [0.5, 0.6) is 0 Å². The van der Waals surface area contributed by atoms with E-state index in [2.05, 4.69) is 30.0 Å². The van der Waals surface area contributed by atoms with E-state index in [9.17, 15) is 4.79 Å². The van der Waals surface area contributed by atoms with Crippen molar-refractivity contribution in [2.75, 3.05) is 33.3 Å². The van der Waals surface area contributed by atoms with Crippen LogP contribution in [0.3, 0.4) is 0 Å². The van der Waals surface area contributed by atoms with Crippen molar-refractivity contribution in [1.82, 2.24) is 21.1 Å². The van der Waals surface area contributed by atoms with Gasteiger partial charge < -0.3 is 15.0 Å². The predicted molar refractivity (Wildman–Crippen MR) is 92.1 cm³/mol. The molecule has 2 rings (SSSR count). The number of likely N-dealkylation sites (tertiary alicyclic amines) is 1. The lowest BCUT2D eigenvalue weighted by molar-refractivity contribution is 0.0760. The Labute approximate surface area is 140 Å². The molecule has 0 bridgehead atoms. The van der Waals surface area contributed by atoms with Gasteiger partial charge in [-0.05, 0) is 64.5 Å². The molecule has 6 heteroatoms. The molecule has 134 valence electrons. The van der Waals surface area contributed by atoms with Gasteiger partial charge in [-0.15, -0.1) is 0 Å². The maximum atomic E-state index is 11.8. The molecule has 2 fully saturated rings. The smallest absolute Gasteiger partial charge is 0.409 e. The summed E-state index contributed by atoms with van der Waals surface area (Å²) in [5.74, 6) is 0.634. The van der Waals surface area contributed by atoms with Gasteiger partial charge in [-0.2, -0.15) is 0 Å². The largest absolute Gasteiger partial charge is 0.450 e. The van der Waals surface area contributed by atoms with Gasteiger partial charge in [0.1, 0.15) is 0 Å². The van der Waals surface area contributed by atoms with Crippen molar-refractivity contribution in [3.05, 3.63) is 0 Å². The van der Waals surface area contributed by atoms with Crippen molar-refractivity contribution in [2.45, 2.75) is 58.5 Å². The average molecular weight is 326 g/mol. The van der Waals surface area contributed by atoms with E-state index in [0.29, 0.717) is 30.0 Å². The molecule has 6 nitrogen and oxygen atoms in total. The summed E-state index contributed by atoms with van der Waals surface area (Å²) in [6.07, 6.45) is 4.56. The van der Waals surface area contributed by atoms with E-state index in [1.165, 1.54) is 19.3 Å². The zero-order valence-electron chi connectivity index (χ0n) is 15.2. The number of hydrogen-bond donors (Lipinski definition) is 3. The standard InChI is InChI=1S/C17H34N4O2/c1-5-23-16(22)21-9-7-17(12-21)10-15(11-17)19-8-6-13(2)14(3)20-18-4/h13-15,18-20H,5-12H2,1-4H3/t13?,14-,15-,17+/m1/s1. The second-order valence-electron chi connectivity index (χ2n) is 7.38. The maximum Gasteiger partial charge on any atom is 0.409 e. The third-order valence-corrected chi connectivity index (χ3v) is 5.58. The Morgan fingerprint density at radius 3 is 2.78 bits per heavy atom. The fraction of sp³-hybridized carbons (Fsp3) is 0.941. The number of nitrogens with one attached hydrogen (secondary N) is 3. The molecule has 0 aromatic rings. The minimum absolute atomic E-state index is 0.138. The topological polar surface area (TPSA) is 65.6 Å². The molecule has 23 heavy (non-hydrogen) atoms. The average Bonchev–Trinajstić information content (AvgIpc) is 2.92. The number of carbonyl (C=O) groups excluding carboxylic acids is 1. The van der Waals surface area contributed by atoms with Crippen LogP contribution in [0.1, 0.15) is 46.5 Å². The highest BCUT2D eigenvalue weighted by Crippen LogP contribution is 2.48. The van der Waals surface area contributed by atoms with Crippen molar-refractivity contribution in [2.24, 2.45) is 11.3 Å². The van der Waals surface area contributed by atoms with Gasteiger partial charge in [0.15, 0.2) is 0 Å². The summed E-state index contributed by atoms with van der Waals surface area (Å²) in [5, 5.41) is 3.68. The van der Waals surface area contributed by atoms with Crippen LogP contribution in [0, 0.1) is 11.3 Å². The highest BCUT2D eigenvalue weighted by atomic mass is 16.6. The van der Waals surface area contributed by atoms with Crippen molar-refractivity contribution < 1.29 is 9.53 Å². The molecular formula is C17H34N4O2. The summed E-state index contributed by atoms with van der Waals surface area (Å²) in [4.78, 5) is 13.7. The summed E-state index contributed by atoms with van der Waals surface area (Å²) in [7, 11) is 1.91. The third kappa shape index (κ3) is 4.81. The molecule has 1 unspecified atom stereocenters.